The summed E-state index contributed by atoms with van der Waals surface area (Å²) >= 11 is 0. The normalized spacial score (nSPS) is 48.3. The highest BCUT2D eigenvalue weighted by atomic mass is 16.5. The highest BCUT2D eigenvalue weighted by molar-refractivity contribution is 5.91. The molecular formula is C41H62O7. The van der Waals surface area contributed by atoms with Gasteiger partial charge in [-0.05, 0) is 99.7 Å². The van der Waals surface area contributed by atoms with E-state index >= 15 is 0 Å². The molecule has 7 heteroatoms. The molecule has 0 aromatic carbocycles. The summed E-state index contributed by atoms with van der Waals surface area (Å²) in [6.07, 6.45) is 8.13. The van der Waals surface area contributed by atoms with Crippen LogP contribution >= 0.6 is 0 Å². The lowest BCUT2D eigenvalue weighted by Gasteiger charge is -2.62. The van der Waals surface area contributed by atoms with Crippen molar-refractivity contribution in [3.63, 3.8) is 0 Å². The van der Waals surface area contributed by atoms with Gasteiger partial charge >= 0.3 is 5.97 Å². The molecule has 6 fully saturated rings. The van der Waals surface area contributed by atoms with Crippen molar-refractivity contribution < 1.29 is 33.4 Å². The lowest BCUT2D eigenvalue weighted by molar-refractivity contribution is -0.201. The van der Waals surface area contributed by atoms with Gasteiger partial charge in [0.2, 0.25) is 0 Å². The zero-order chi connectivity index (χ0) is 35.7. The van der Waals surface area contributed by atoms with Crippen LogP contribution in [-0.2, 0) is 33.4 Å². The monoisotopic (exact) mass is 666 g/mol. The maximum atomic E-state index is 13.3. The maximum Gasteiger partial charge on any atom is 0.309 e. The van der Waals surface area contributed by atoms with Crippen molar-refractivity contribution in [1.29, 1.82) is 0 Å². The third-order valence-electron chi connectivity index (χ3n) is 15.0. The lowest BCUT2D eigenvalue weighted by atomic mass is 9.42. The number of carbonyl (C=O) groups excluding carboxylic acids is 5. The van der Waals surface area contributed by atoms with Gasteiger partial charge in [-0.15, -0.1) is 0 Å². The van der Waals surface area contributed by atoms with Crippen LogP contribution in [0.4, 0.5) is 0 Å². The minimum atomic E-state index is -0.386. The van der Waals surface area contributed by atoms with Gasteiger partial charge in [-0.25, -0.2) is 0 Å². The van der Waals surface area contributed by atoms with Gasteiger partial charge in [-0.2, -0.15) is 0 Å². The molecule has 0 spiro atoms. The Hall–Kier alpha value is -2.31. The van der Waals surface area contributed by atoms with Crippen molar-refractivity contribution in [2.75, 3.05) is 0 Å². The molecule has 0 aromatic heterocycles. The van der Waals surface area contributed by atoms with Crippen LogP contribution in [0.2, 0.25) is 0 Å². The number of ketones is 4. The van der Waals surface area contributed by atoms with E-state index in [1.54, 1.807) is 13.8 Å². The number of Topliss-reactive ketones (excluding diaryl/α,β-unsaturated/α-hetero) is 4. The first-order valence-electron chi connectivity index (χ1n) is 18.9. The molecule has 7 nitrogen and oxygen atoms in total. The van der Waals surface area contributed by atoms with E-state index in [0.717, 1.165) is 63.5 Å². The molecule has 6 rings (SSSR count). The SMILES string of the molecule is C=C1O[C@@H](CC)C[C@]2(C)[C@H]3C(=O)[C@H](C)C[C@@H](C(C)=O)[C@]3(C)CC[C@@H]12.CC[C@H]1C[C@]2(C)[C@H]3C(=O)[C@@H](C)C[C@@H](C(C)=O)[C@]3(C)CC[C@H]2C(=O)O1. The predicted octanol–water partition coefficient (Wildman–Crippen LogP) is 8.12. The quantitative estimate of drug-likeness (QED) is 0.279. The van der Waals surface area contributed by atoms with Crippen LogP contribution in [-0.4, -0.2) is 41.3 Å². The fourth-order valence-corrected chi connectivity index (χ4v) is 12.6. The Bertz CT molecular complexity index is 1260. The molecule has 0 unspecified atom stereocenters. The van der Waals surface area contributed by atoms with Gasteiger partial charge in [0.05, 0.1) is 17.8 Å². The van der Waals surface area contributed by atoms with Gasteiger partial charge in [0.25, 0.3) is 0 Å². The number of hydrogen-bond donors (Lipinski definition) is 0. The third-order valence-corrected chi connectivity index (χ3v) is 15.0. The molecule has 2 aliphatic heterocycles. The van der Waals surface area contributed by atoms with Crippen molar-refractivity contribution in [2.45, 2.75) is 146 Å². The van der Waals surface area contributed by atoms with E-state index in [2.05, 4.69) is 41.2 Å². The molecular weight excluding hydrogens is 604 g/mol. The highest BCUT2D eigenvalue weighted by Crippen LogP contribution is 2.66. The first-order chi connectivity index (χ1) is 22.3. The second kappa shape index (κ2) is 12.8. The molecule has 0 N–H and O–H groups in total. The second-order valence-corrected chi connectivity index (χ2v) is 18.0. The van der Waals surface area contributed by atoms with Crippen molar-refractivity contribution in [2.24, 2.45) is 69.0 Å². The molecule has 268 valence electrons. The molecule has 0 radical (unpaired) electrons. The van der Waals surface area contributed by atoms with Gasteiger partial charge in [0, 0.05) is 41.4 Å². The molecule has 0 amide bonds. The molecule has 14 atom stereocenters. The van der Waals surface area contributed by atoms with Crippen LogP contribution < -0.4 is 0 Å². The first-order valence-corrected chi connectivity index (χ1v) is 18.9. The standard InChI is InChI=1S/C21H32O3.C20H30O4/c1-7-15-11-21(6)16(14(4)24-15)8-9-20(5)17(13(3)22)10-12(2)18(23)19(20)21;1-6-13-10-20(5)14(18(23)24-13)7-8-19(4)15(12(3)21)9-11(2)16(22)17(19)20/h12,15-17,19H,4,7-11H2,1-3,5-6H3;11,13-15,17H,6-10H2,1-5H3/t12-,15+,16+,17+,19+,20+,21+;11-,13-,14-,15-,17-,19-,20-/m10/s1. The topological polar surface area (TPSA) is 104 Å². The number of hydrogen-bond acceptors (Lipinski definition) is 7. The maximum absolute atomic E-state index is 13.3. The number of rotatable bonds is 4. The van der Waals surface area contributed by atoms with Gasteiger partial charge < -0.3 is 9.47 Å². The first kappa shape index (κ1) is 37.0. The minimum absolute atomic E-state index is 0.00385. The Balaban J connectivity index is 0.000000188. The van der Waals surface area contributed by atoms with E-state index in [9.17, 15) is 24.0 Å². The summed E-state index contributed by atoms with van der Waals surface area (Å²) in [5, 5.41) is 0. The number of cyclic esters (lactones) is 1. The molecule has 4 aliphatic carbocycles. The number of allylic oxidation sites excluding steroid dienone is 1. The summed E-state index contributed by atoms with van der Waals surface area (Å²) in [5.74, 6) is 1.34. The van der Waals surface area contributed by atoms with Crippen LogP contribution in [0.5, 0.6) is 0 Å². The number of ether oxygens (including phenoxy) is 2. The van der Waals surface area contributed by atoms with Crippen LogP contribution in [0.25, 0.3) is 0 Å². The number of carbonyl (C=O) groups is 5. The number of fused-ring (bicyclic) bond motifs is 6. The Morgan fingerprint density at radius 1 is 0.688 bits per heavy atom. The highest BCUT2D eigenvalue weighted by Gasteiger charge is 2.67. The molecule has 48 heavy (non-hydrogen) atoms. The summed E-state index contributed by atoms with van der Waals surface area (Å²) < 4.78 is 11.6. The summed E-state index contributed by atoms with van der Waals surface area (Å²) in [6, 6.07) is 0. The van der Waals surface area contributed by atoms with Crippen LogP contribution in [0.3, 0.4) is 0 Å². The largest absolute Gasteiger partial charge is 0.495 e. The second-order valence-electron chi connectivity index (χ2n) is 18.0. The molecule has 0 bridgehead atoms. The summed E-state index contributed by atoms with van der Waals surface area (Å²) in [4.78, 5) is 63.9. The molecule has 2 heterocycles. The van der Waals surface area contributed by atoms with Crippen LogP contribution in [0.15, 0.2) is 12.3 Å². The predicted molar refractivity (Wildman–Crippen MR) is 184 cm³/mol. The molecule has 4 saturated carbocycles. The lowest BCUT2D eigenvalue weighted by Crippen LogP contribution is -2.63. The van der Waals surface area contributed by atoms with Crippen LogP contribution in [0, 0.1) is 69.0 Å². The summed E-state index contributed by atoms with van der Waals surface area (Å²) in [6.45, 7) is 24.4. The zero-order valence-electron chi connectivity index (χ0n) is 31.4. The average molecular weight is 667 g/mol. The van der Waals surface area contributed by atoms with Gasteiger partial charge in [-0.3, -0.25) is 24.0 Å². The third kappa shape index (κ3) is 5.56. The molecule has 6 aliphatic rings. The van der Waals surface area contributed by atoms with Crippen molar-refractivity contribution >= 4 is 29.1 Å². The Morgan fingerprint density at radius 3 is 1.50 bits per heavy atom. The Labute approximate surface area is 289 Å². The van der Waals surface area contributed by atoms with Crippen molar-refractivity contribution in [3.05, 3.63) is 12.3 Å². The average Bonchev–Trinajstić information content (AvgIpc) is 2.99. The van der Waals surface area contributed by atoms with Gasteiger partial charge in [0.1, 0.15) is 29.2 Å². The molecule has 2 saturated heterocycles. The summed E-state index contributed by atoms with van der Waals surface area (Å²) in [7, 11) is 0. The van der Waals surface area contributed by atoms with E-state index in [4.69, 9.17) is 9.47 Å². The van der Waals surface area contributed by atoms with Crippen molar-refractivity contribution in [1.82, 2.24) is 0 Å². The fraction of sp³-hybridized carbons (Fsp3) is 0.829. The Morgan fingerprint density at radius 2 is 1.08 bits per heavy atom. The van der Waals surface area contributed by atoms with Crippen molar-refractivity contribution in [3.8, 4) is 0 Å². The zero-order valence-corrected chi connectivity index (χ0v) is 31.4. The van der Waals surface area contributed by atoms with E-state index < -0.39 is 0 Å². The number of esters is 1. The fourth-order valence-electron chi connectivity index (χ4n) is 12.6. The van der Waals surface area contributed by atoms with E-state index in [1.807, 2.05) is 20.8 Å². The minimum Gasteiger partial charge on any atom is -0.495 e. The van der Waals surface area contributed by atoms with Crippen LogP contribution in [0.1, 0.15) is 133 Å². The van der Waals surface area contributed by atoms with E-state index in [1.165, 1.54) is 0 Å². The van der Waals surface area contributed by atoms with E-state index in [0.29, 0.717) is 12.2 Å². The molecule has 0 aromatic rings. The van der Waals surface area contributed by atoms with E-state index in [-0.39, 0.29) is 105 Å². The smallest absolute Gasteiger partial charge is 0.309 e. The summed E-state index contributed by atoms with van der Waals surface area (Å²) in [5.41, 5.74) is -1.06. The Kier molecular flexibility index (Phi) is 9.84. The van der Waals surface area contributed by atoms with Gasteiger partial charge in [0.15, 0.2) is 0 Å². The van der Waals surface area contributed by atoms with Gasteiger partial charge in [-0.1, -0.05) is 62.0 Å².